The first kappa shape index (κ1) is 8.58. The quantitative estimate of drug-likeness (QED) is 0.607. The number of hydrogen-bond donors (Lipinski definition) is 1. The smallest absolute Gasteiger partial charge is 0.111 e. The van der Waals surface area contributed by atoms with Crippen molar-refractivity contribution in [1.29, 1.82) is 0 Å². The zero-order chi connectivity index (χ0) is 8.77. The molecule has 0 saturated carbocycles. The van der Waals surface area contributed by atoms with Crippen LogP contribution in [0.3, 0.4) is 0 Å². The fourth-order valence-electron chi connectivity index (χ4n) is 2.65. The molecular weight excluding hydrogens is 149 g/mol. The third-order valence-electron chi connectivity index (χ3n) is 3.40. The van der Waals surface area contributed by atoms with Crippen LogP contribution < -0.4 is 5.32 Å². The van der Waals surface area contributed by atoms with Crippen LogP contribution >= 0.6 is 0 Å². The van der Waals surface area contributed by atoms with Crippen molar-refractivity contribution in [3.63, 3.8) is 0 Å². The monoisotopic (exact) mass is 165 g/mol. The maximum absolute atomic E-state index is 5.84. The Morgan fingerprint density at radius 2 is 2.42 bits per heavy atom. The van der Waals surface area contributed by atoms with Crippen LogP contribution in [-0.4, -0.2) is 32.0 Å². The van der Waals surface area contributed by atoms with E-state index in [2.05, 4.69) is 19.2 Å². The summed E-state index contributed by atoms with van der Waals surface area (Å²) in [7, 11) is 5.84. The van der Waals surface area contributed by atoms with Gasteiger partial charge in [0.2, 0.25) is 0 Å². The Bertz CT molecular complexity index is 187. The average molecular weight is 165 g/mol. The molecule has 0 aromatic carbocycles. The van der Waals surface area contributed by atoms with E-state index in [1.807, 2.05) is 0 Å². The highest BCUT2D eigenvalue weighted by Gasteiger charge is 2.54. The summed E-state index contributed by atoms with van der Waals surface area (Å²) in [6.07, 6.45) is 2.30. The number of morpholine rings is 1. The highest BCUT2D eigenvalue weighted by atomic mass is 16.5. The molecule has 0 aromatic rings. The lowest BCUT2D eigenvalue weighted by Gasteiger charge is -2.31. The molecule has 2 saturated heterocycles. The molecule has 2 radical (unpaired) electrons. The van der Waals surface area contributed by atoms with Gasteiger partial charge in [0.25, 0.3) is 0 Å². The summed E-state index contributed by atoms with van der Waals surface area (Å²) < 4.78 is 5.82. The topological polar surface area (TPSA) is 21.3 Å². The fourth-order valence-corrected chi connectivity index (χ4v) is 2.65. The van der Waals surface area contributed by atoms with Gasteiger partial charge >= 0.3 is 0 Å². The van der Waals surface area contributed by atoms with E-state index in [4.69, 9.17) is 12.6 Å². The van der Waals surface area contributed by atoms with Crippen LogP contribution in [-0.2, 0) is 4.74 Å². The molecule has 2 fully saturated rings. The maximum Gasteiger partial charge on any atom is 0.111 e. The molecule has 0 aliphatic carbocycles. The Kier molecular flexibility index (Phi) is 1.96. The number of ether oxygens (including phenoxy) is 1. The minimum Gasteiger partial charge on any atom is -0.378 e. The molecule has 3 unspecified atom stereocenters. The Labute approximate surface area is 75.5 Å². The van der Waals surface area contributed by atoms with Crippen LogP contribution in [0.15, 0.2) is 0 Å². The molecule has 1 N–H and O–H groups in total. The van der Waals surface area contributed by atoms with Crippen LogP contribution in [0.25, 0.3) is 0 Å². The van der Waals surface area contributed by atoms with Gasteiger partial charge in [-0.1, -0.05) is 20.3 Å². The van der Waals surface area contributed by atoms with Gasteiger partial charge in [-0.3, -0.25) is 0 Å². The van der Waals surface area contributed by atoms with Gasteiger partial charge < -0.3 is 10.1 Å². The normalized spacial score (nSPS) is 51.7. The Morgan fingerprint density at radius 1 is 1.67 bits per heavy atom. The van der Waals surface area contributed by atoms with Crippen LogP contribution in [0, 0.1) is 5.92 Å². The molecule has 0 aromatic heterocycles. The molecule has 12 heavy (non-hydrogen) atoms. The molecule has 4 atom stereocenters. The van der Waals surface area contributed by atoms with Gasteiger partial charge in [-0.15, -0.1) is 0 Å². The van der Waals surface area contributed by atoms with E-state index in [1.165, 1.54) is 6.42 Å². The molecule has 2 heterocycles. The predicted octanol–water partition coefficient (Wildman–Crippen LogP) is 0.658. The van der Waals surface area contributed by atoms with E-state index in [0.717, 1.165) is 13.0 Å². The van der Waals surface area contributed by atoms with Crippen molar-refractivity contribution in [2.24, 2.45) is 5.92 Å². The molecule has 66 valence electrons. The van der Waals surface area contributed by atoms with Crippen molar-refractivity contribution < 1.29 is 4.74 Å². The average Bonchev–Trinajstić information content (AvgIpc) is 2.41. The SMILES string of the molecule is [B]C1O[C@@]2(CCC)CNC1C2C. The first-order valence-corrected chi connectivity index (χ1v) is 4.86. The second kappa shape index (κ2) is 2.74. The van der Waals surface area contributed by atoms with E-state index in [1.54, 1.807) is 0 Å². The molecule has 2 bridgehead atoms. The Hall–Kier alpha value is -0.0151. The Balaban J connectivity index is 2.15. The Morgan fingerprint density at radius 3 is 2.83 bits per heavy atom. The van der Waals surface area contributed by atoms with Crippen LogP contribution in [0.1, 0.15) is 26.7 Å². The van der Waals surface area contributed by atoms with Gasteiger partial charge in [0.05, 0.1) is 5.60 Å². The molecule has 2 nitrogen and oxygen atoms in total. The summed E-state index contributed by atoms with van der Waals surface area (Å²) in [5.74, 6) is 0.576. The van der Waals surface area contributed by atoms with E-state index >= 15 is 0 Å². The van der Waals surface area contributed by atoms with E-state index in [-0.39, 0.29) is 11.6 Å². The summed E-state index contributed by atoms with van der Waals surface area (Å²) in [6, 6.07) is 0.303. The summed E-state index contributed by atoms with van der Waals surface area (Å²) in [6.45, 7) is 5.43. The van der Waals surface area contributed by atoms with E-state index in [9.17, 15) is 0 Å². The van der Waals surface area contributed by atoms with Gasteiger partial charge in [0.15, 0.2) is 0 Å². The molecule has 2 aliphatic rings. The molecular formula is C9H16BNO. The standard InChI is InChI=1S/C9H16BNO/c1-3-4-9-5-11-7(6(9)2)8(10)12-9/h6-8,11H,3-5H2,1-2H3/t6?,7?,8?,9-/m0/s1. The van der Waals surface area contributed by atoms with Crippen molar-refractivity contribution in [2.45, 2.75) is 44.3 Å². The van der Waals surface area contributed by atoms with Gasteiger partial charge in [-0.2, -0.15) is 0 Å². The number of rotatable bonds is 2. The van der Waals surface area contributed by atoms with Crippen molar-refractivity contribution in [3.05, 3.63) is 0 Å². The lowest BCUT2D eigenvalue weighted by Crippen LogP contribution is -2.44. The summed E-state index contributed by atoms with van der Waals surface area (Å²) in [4.78, 5) is 0. The maximum atomic E-state index is 5.84. The molecule has 0 amide bonds. The van der Waals surface area contributed by atoms with Crippen molar-refractivity contribution >= 4 is 7.85 Å². The van der Waals surface area contributed by atoms with Crippen LogP contribution in [0.2, 0.25) is 0 Å². The van der Waals surface area contributed by atoms with Gasteiger partial charge in [0.1, 0.15) is 7.85 Å². The third-order valence-corrected chi connectivity index (χ3v) is 3.40. The summed E-state index contributed by atoms with van der Waals surface area (Å²) in [5, 5.41) is 3.43. The predicted molar refractivity (Wildman–Crippen MR) is 49.2 cm³/mol. The minimum absolute atomic E-state index is 0.0544. The fraction of sp³-hybridized carbons (Fsp3) is 1.00. The van der Waals surface area contributed by atoms with Crippen molar-refractivity contribution in [3.8, 4) is 0 Å². The first-order valence-electron chi connectivity index (χ1n) is 4.86. The lowest BCUT2D eigenvalue weighted by molar-refractivity contribution is -0.0425. The van der Waals surface area contributed by atoms with Gasteiger partial charge in [-0.25, -0.2) is 0 Å². The minimum atomic E-state index is -0.0831. The highest BCUT2D eigenvalue weighted by molar-refractivity contribution is 6.11. The number of nitrogens with one attached hydrogen (secondary N) is 1. The second-order valence-corrected chi connectivity index (χ2v) is 4.09. The second-order valence-electron chi connectivity index (χ2n) is 4.09. The number of fused-ring (bicyclic) bond motifs is 2. The largest absolute Gasteiger partial charge is 0.378 e. The zero-order valence-corrected chi connectivity index (χ0v) is 7.84. The van der Waals surface area contributed by atoms with Crippen molar-refractivity contribution in [2.75, 3.05) is 6.54 Å². The van der Waals surface area contributed by atoms with Crippen LogP contribution in [0.5, 0.6) is 0 Å². The molecule has 2 rings (SSSR count). The molecule has 2 aliphatic heterocycles. The van der Waals surface area contributed by atoms with Gasteiger partial charge in [-0.05, 0) is 6.42 Å². The lowest BCUT2D eigenvalue weighted by atomic mass is 9.83. The van der Waals surface area contributed by atoms with Gasteiger partial charge in [0, 0.05) is 24.5 Å². The zero-order valence-electron chi connectivity index (χ0n) is 7.84. The van der Waals surface area contributed by atoms with E-state index in [0.29, 0.717) is 12.0 Å². The highest BCUT2D eigenvalue weighted by Crippen LogP contribution is 2.42. The summed E-state index contributed by atoms with van der Waals surface area (Å²) in [5.41, 5.74) is 0.0544. The van der Waals surface area contributed by atoms with Crippen LogP contribution in [0.4, 0.5) is 0 Å². The van der Waals surface area contributed by atoms with E-state index < -0.39 is 0 Å². The first-order chi connectivity index (χ1) is 5.69. The third kappa shape index (κ3) is 0.959. The molecule has 3 heteroatoms. The number of hydrogen-bond acceptors (Lipinski definition) is 2. The molecule has 0 spiro atoms. The van der Waals surface area contributed by atoms with Crippen molar-refractivity contribution in [1.82, 2.24) is 5.32 Å². The summed E-state index contributed by atoms with van der Waals surface area (Å²) >= 11 is 0.